The SMILES string of the molecule is Cc1cc(N2CCN(c3cn[nH]c(=O)c3Cl)CC2)n2nccc2n1. The summed E-state index contributed by atoms with van der Waals surface area (Å²) in [7, 11) is 0. The maximum absolute atomic E-state index is 11.6. The summed E-state index contributed by atoms with van der Waals surface area (Å²) in [5.41, 5.74) is 2.12. The number of aromatic amines is 1. The van der Waals surface area contributed by atoms with Crippen molar-refractivity contribution in [1.82, 2.24) is 24.8 Å². The molecule has 0 bridgehead atoms. The molecule has 1 aliphatic rings. The summed E-state index contributed by atoms with van der Waals surface area (Å²) >= 11 is 6.10. The number of halogens is 1. The molecule has 124 valence electrons. The number of fused-ring (bicyclic) bond motifs is 1. The minimum Gasteiger partial charge on any atom is -0.365 e. The van der Waals surface area contributed by atoms with E-state index in [1.807, 2.05) is 23.6 Å². The molecule has 3 aromatic heterocycles. The van der Waals surface area contributed by atoms with Crippen molar-refractivity contribution in [3.63, 3.8) is 0 Å². The Morgan fingerprint density at radius 3 is 2.75 bits per heavy atom. The molecule has 1 saturated heterocycles. The molecule has 0 unspecified atom stereocenters. The summed E-state index contributed by atoms with van der Waals surface area (Å²) in [6.45, 7) is 5.06. The number of aromatic nitrogens is 5. The lowest BCUT2D eigenvalue weighted by Crippen LogP contribution is -2.47. The van der Waals surface area contributed by atoms with Crippen molar-refractivity contribution in [2.75, 3.05) is 36.0 Å². The molecule has 0 atom stereocenters. The van der Waals surface area contributed by atoms with E-state index in [2.05, 4.69) is 30.1 Å². The molecule has 8 nitrogen and oxygen atoms in total. The van der Waals surface area contributed by atoms with E-state index in [4.69, 9.17) is 11.6 Å². The van der Waals surface area contributed by atoms with Gasteiger partial charge in [0.05, 0.1) is 18.1 Å². The Hall–Kier alpha value is -2.61. The molecule has 0 aromatic carbocycles. The van der Waals surface area contributed by atoms with Gasteiger partial charge in [-0.05, 0) is 6.92 Å². The van der Waals surface area contributed by atoms with Gasteiger partial charge in [0.1, 0.15) is 10.8 Å². The third kappa shape index (κ3) is 2.48. The maximum atomic E-state index is 11.6. The number of hydrogen-bond donors (Lipinski definition) is 1. The van der Waals surface area contributed by atoms with Crippen LogP contribution in [0.3, 0.4) is 0 Å². The number of rotatable bonds is 2. The van der Waals surface area contributed by atoms with E-state index < -0.39 is 0 Å². The standard InChI is InChI=1S/C15H16ClN7O/c1-10-8-13(23-12(19-10)2-3-18-23)22-6-4-21(5-7-22)11-9-17-20-15(24)14(11)16/h2-3,8-9H,4-7H2,1H3,(H,20,24). The van der Waals surface area contributed by atoms with Crippen LogP contribution < -0.4 is 15.4 Å². The van der Waals surface area contributed by atoms with Crippen molar-refractivity contribution in [2.24, 2.45) is 0 Å². The fourth-order valence-electron chi connectivity index (χ4n) is 3.01. The lowest BCUT2D eigenvalue weighted by Gasteiger charge is -2.37. The van der Waals surface area contributed by atoms with E-state index in [-0.39, 0.29) is 10.6 Å². The van der Waals surface area contributed by atoms with Crippen LogP contribution in [0.15, 0.2) is 29.3 Å². The molecule has 1 fully saturated rings. The lowest BCUT2D eigenvalue weighted by molar-refractivity contribution is 0.636. The van der Waals surface area contributed by atoms with Crippen LogP contribution in [0.4, 0.5) is 11.5 Å². The summed E-state index contributed by atoms with van der Waals surface area (Å²) in [6.07, 6.45) is 3.35. The van der Waals surface area contributed by atoms with Crippen LogP contribution in [0, 0.1) is 6.92 Å². The van der Waals surface area contributed by atoms with Crippen LogP contribution >= 0.6 is 11.6 Å². The fourth-order valence-corrected chi connectivity index (χ4v) is 3.23. The molecule has 9 heteroatoms. The zero-order valence-corrected chi connectivity index (χ0v) is 13.9. The first-order valence-electron chi connectivity index (χ1n) is 7.68. The number of nitrogens with zero attached hydrogens (tertiary/aromatic N) is 6. The van der Waals surface area contributed by atoms with Gasteiger partial charge in [-0.3, -0.25) is 4.79 Å². The first-order valence-corrected chi connectivity index (χ1v) is 8.06. The van der Waals surface area contributed by atoms with Gasteiger partial charge in [0.15, 0.2) is 5.65 Å². The highest BCUT2D eigenvalue weighted by molar-refractivity contribution is 6.33. The van der Waals surface area contributed by atoms with Gasteiger partial charge in [0.25, 0.3) is 5.56 Å². The van der Waals surface area contributed by atoms with Gasteiger partial charge in [-0.25, -0.2) is 10.1 Å². The predicted octanol–water partition coefficient (Wildman–Crippen LogP) is 1.10. The van der Waals surface area contributed by atoms with Crippen LogP contribution in [-0.4, -0.2) is 51.0 Å². The first-order chi connectivity index (χ1) is 11.6. The van der Waals surface area contributed by atoms with Crippen LogP contribution in [0.5, 0.6) is 0 Å². The lowest BCUT2D eigenvalue weighted by atomic mass is 10.2. The molecule has 4 heterocycles. The number of hydrogen-bond acceptors (Lipinski definition) is 6. The third-order valence-electron chi connectivity index (χ3n) is 4.19. The number of piperazine rings is 1. The molecular formula is C15H16ClN7O. The quantitative estimate of drug-likeness (QED) is 0.749. The second-order valence-corrected chi connectivity index (χ2v) is 6.11. The highest BCUT2D eigenvalue weighted by atomic mass is 35.5. The van der Waals surface area contributed by atoms with E-state index in [0.29, 0.717) is 5.69 Å². The predicted molar refractivity (Wildman–Crippen MR) is 92.0 cm³/mol. The van der Waals surface area contributed by atoms with Gasteiger partial charge in [-0.15, -0.1) is 0 Å². The topological polar surface area (TPSA) is 82.4 Å². The second kappa shape index (κ2) is 5.79. The van der Waals surface area contributed by atoms with Crippen LogP contribution in [-0.2, 0) is 0 Å². The van der Waals surface area contributed by atoms with Gasteiger partial charge < -0.3 is 9.80 Å². The van der Waals surface area contributed by atoms with Gasteiger partial charge in [0, 0.05) is 44.0 Å². The fraction of sp³-hybridized carbons (Fsp3) is 0.333. The second-order valence-electron chi connectivity index (χ2n) is 5.73. The van der Waals surface area contributed by atoms with Crippen molar-refractivity contribution in [2.45, 2.75) is 6.92 Å². The summed E-state index contributed by atoms with van der Waals surface area (Å²) in [5.74, 6) is 1.03. The van der Waals surface area contributed by atoms with Crippen molar-refractivity contribution in [3.8, 4) is 0 Å². The Kier molecular flexibility index (Phi) is 3.61. The number of anilines is 2. The van der Waals surface area contributed by atoms with Gasteiger partial charge >= 0.3 is 0 Å². The highest BCUT2D eigenvalue weighted by Gasteiger charge is 2.22. The molecule has 0 spiro atoms. The van der Waals surface area contributed by atoms with E-state index in [9.17, 15) is 4.79 Å². The molecule has 3 aromatic rings. The van der Waals surface area contributed by atoms with E-state index in [1.54, 1.807) is 12.4 Å². The summed E-state index contributed by atoms with van der Waals surface area (Å²) in [4.78, 5) is 20.4. The van der Waals surface area contributed by atoms with Crippen molar-refractivity contribution < 1.29 is 0 Å². The van der Waals surface area contributed by atoms with Crippen molar-refractivity contribution in [3.05, 3.63) is 45.6 Å². The molecule has 0 saturated carbocycles. The minimum atomic E-state index is -0.361. The molecule has 1 N–H and O–H groups in total. The first kappa shape index (κ1) is 14.9. The van der Waals surface area contributed by atoms with E-state index >= 15 is 0 Å². The zero-order valence-electron chi connectivity index (χ0n) is 13.1. The van der Waals surface area contributed by atoms with Crippen LogP contribution in [0.2, 0.25) is 5.02 Å². The van der Waals surface area contributed by atoms with E-state index in [1.165, 1.54) is 0 Å². The minimum absolute atomic E-state index is 0.188. The normalized spacial score (nSPS) is 15.2. The Balaban J connectivity index is 1.59. The Labute approximate surface area is 142 Å². The largest absolute Gasteiger partial charge is 0.365 e. The third-order valence-corrected chi connectivity index (χ3v) is 4.56. The van der Waals surface area contributed by atoms with Crippen molar-refractivity contribution in [1.29, 1.82) is 0 Å². The Morgan fingerprint density at radius 1 is 1.21 bits per heavy atom. The molecular weight excluding hydrogens is 330 g/mol. The summed E-state index contributed by atoms with van der Waals surface area (Å²) in [6, 6.07) is 3.94. The Morgan fingerprint density at radius 2 is 1.96 bits per heavy atom. The highest BCUT2D eigenvalue weighted by Crippen LogP contribution is 2.24. The zero-order chi connectivity index (χ0) is 16.7. The van der Waals surface area contributed by atoms with E-state index in [0.717, 1.165) is 43.3 Å². The number of aryl methyl sites for hydroxylation is 1. The molecule has 4 rings (SSSR count). The molecule has 1 aliphatic heterocycles. The summed E-state index contributed by atoms with van der Waals surface area (Å²) < 4.78 is 1.85. The van der Waals surface area contributed by atoms with Crippen LogP contribution in [0.1, 0.15) is 5.69 Å². The molecule has 0 radical (unpaired) electrons. The number of H-pyrrole nitrogens is 1. The molecule has 0 aliphatic carbocycles. The molecule has 24 heavy (non-hydrogen) atoms. The van der Waals surface area contributed by atoms with Gasteiger partial charge in [-0.1, -0.05) is 11.6 Å². The van der Waals surface area contributed by atoms with Gasteiger partial charge in [0.2, 0.25) is 0 Å². The Bertz CT molecular complexity index is 942. The smallest absolute Gasteiger partial charge is 0.285 e. The summed E-state index contributed by atoms with van der Waals surface area (Å²) in [5, 5.41) is 10.7. The monoisotopic (exact) mass is 345 g/mol. The number of nitrogens with one attached hydrogen (secondary N) is 1. The average molecular weight is 346 g/mol. The van der Waals surface area contributed by atoms with Crippen LogP contribution in [0.25, 0.3) is 5.65 Å². The average Bonchev–Trinajstić information content (AvgIpc) is 3.05. The van der Waals surface area contributed by atoms with Gasteiger partial charge in [-0.2, -0.15) is 14.7 Å². The molecule has 0 amide bonds. The maximum Gasteiger partial charge on any atom is 0.285 e. The van der Waals surface area contributed by atoms with Crippen molar-refractivity contribution >= 4 is 28.8 Å².